The summed E-state index contributed by atoms with van der Waals surface area (Å²) >= 11 is 0. The fourth-order valence-corrected chi connectivity index (χ4v) is 7.34. The summed E-state index contributed by atoms with van der Waals surface area (Å²) in [4.78, 5) is 38.1. The van der Waals surface area contributed by atoms with Crippen molar-refractivity contribution in [2.24, 2.45) is 0 Å². The van der Waals surface area contributed by atoms with Crippen LogP contribution in [0.3, 0.4) is 0 Å². The van der Waals surface area contributed by atoms with Gasteiger partial charge in [-0.1, -0.05) is 226 Å². The van der Waals surface area contributed by atoms with E-state index in [1.807, 2.05) is 6.08 Å². The molecular formula is C62H102O6. The van der Waals surface area contributed by atoms with E-state index in [1.54, 1.807) is 6.08 Å². The number of hydrogen-bond donors (Lipinski definition) is 0. The molecule has 68 heavy (non-hydrogen) atoms. The monoisotopic (exact) mass is 943 g/mol. The fourth-order valence-electron chi connectivity index (χ4n) is 7.34. The lowest BCUT2D eigenvalue weighted by Crippen LogP contribution is -2.30. The van der Waals surface area contributed by atoms with Crippen LogP contribution in [0.25, 0.3) is 0 Å². The number of unbranched alkanes of at least 4 members (excludes halogenated alkanes) is 21. The molecule has 0 amide bonds. The van der Waals surface area contributed by atoms with Gasteiger partial charge in [0.15, 0.2) is 6.10 Å². The molecule has 0 N–H and O–H groups in total. The smallest absolute Gasteiger partial charge is 0.309 e. The highest BCUT2D eigenvalue weighted by Crippen LogP contribution is 2.14. The molecule has 0 aromatic heterocycles. The molecule has 0 aliphatic rings. The van der Waals surface area contributed by atoms with Crippen molar-refractivity contribution >= 4 is 17.9 Å². The van der Waals surface area contributed by atoms with Crippen molar-refractivity contribution in [2.75, 3.05) is 13.2 Å². The Kier molecular flexibility index (Phi) is 52.4. The van der Waals surface area contributed by atoms with Crippen molar-refractivity contribution in [3.8, 4) is 0 Å². The molecule has 6 nitrogen and oxygen atoms in total. The molecule has 0 aliphatic carbocycles. The largest absolute Gasteiger partial charge is 0.462 e. The quantitative estimate of drug-likeness (QED) is 0.0262. The predicted octanol–water partition coefficient (Wildman–Crippen LogP) is 18.7. The number of carbonyl (C=O) groups is 3. The summed E-state index contributed by atoms with van der Waals surface area (Å²) in [5.74, 6) is -1.07. The lowest BCUT2D eigenvalue weighted by molar-refractivity contribution is -0.166. The molecule has 0 bridgehead atoms. The van der Waals surface area contributed by atoms with Crippen LogP contribution in [0.15, 0.2) is 109 Å². The van der Waals surface area contributed by atoms with E-state index in [0.717, 1.165) is 96.3 Å². The third kappa shape index (κ3) is 53.0. The molecular weight excluding hydrogens is 841 g/mol. The van der Waals surface area contributed by atoms with Crippen LogP contribution in [-0.4, -0.2) is 37.2 Å². The molecule has 0 spiro atoms. The van der Waals surface area contributed by atoms with Gasteiger partial charge in [-0.3, -0.25) is 14.4 Å². The Labute approximate surface area is 419 Å². The zero-order valence-electron chi connectivity index (χ0n) is 44.1. The zero-order valence-corrected chi connectivity index (χ0v) is 44.1. The maximum atomic E-state index is 12.8. The first-order chi connectivity index (χ1) is 33.5. The van der Waals surface area contributed by atoms with Crippen LogP contribution in [0, 0.1) is 0 Å². The van der Waals surface area contributed by atoms with Crippen LogP contribution in [0.4, 0.5) is 0 Å². The predicted molar refractivity (Wildman–Crippen MR) is 293 cm³/mol. The van der Waals surface area contributed by atoms with Gasteiger partial charge in [0.25, 0.3) is 0 Å². The summed E-state index contributed by atoms with van der Waals surface area (Å²) in [5, 5.41) is 0. The molecule has 0 heterocycles. The average molecular weight is 943 g/mol. The summed E-state index contributed by atoms with van der Waals surface area (Å²) in [6.07, 6.45) is 75.2. The van der Waals surface area contributed by atoms with E-state index in [0.29, 0.717) is 12.8 Å². The van der Waals surface area contributed by atoms with Gasteiger partial charge in [0.05, 0.1) is 6.42 Å². The third-order valence-corrected chi connectivity index (χ3v) is 11.5. The van der Waals surface area contributed by atoms with Crippen molar-refractivity contribution in [1.29, 1.82) is 0 Å². The maximum Gasteiger partial charge on any atom is 0.309 e. The molecule has 386 valence electrons. The topological polar surface area (TPSA) is 78.9 Å². The fraction of sp³-hybridized carbons (Fsp3) is 0.661. The number of hydrogen-bond acceptors (Lipinski definition) is 6. The van der Waals surface area contributed by atoms with Gasteiger partial charge in [-0.2, -0.15) is 0 Å². The van der Waals surface area contributed by atoms with Gasteiger partial charge in [0, 0.05) is 12.8 Å². The number of rotatable bonds is 49. The second kappa shape index (κ2) is 55.7. The molecule has 0 saturated carbocycles. The van der Waals surface area contributed by atoms with E-state index < -0.39 is 12.1 Å². The minimum absolute atomic E-state index is 0.117. The molecule has 1 atom stereocenters. The van der Waals surface area contributed by atoms with E-state index in [2.05, 4.69) is 118 Å². The average Bonchev–Trinajstić information content (AvgIpc) is 3.34. The number of allylic oxidation sites excluding steroid dienone is 17. The second-order valence-electron chi connectivity index (χ2n) is 18.1. The molecule has 0 radical (unpaired) electrons. The first-order valence-electron chi connectivity index (χ1n) is 27.9. The molecule has 0 saturated heterocycles. The van der Waals surface area contributed by atoms with Crippen molar-refractivity contribution in [1.82, 2.24) is 0 Å². The summed E-state index contributed by atoms with van der Waals surface area (Å²) in [6, 6.07) is 0. The van der Waals surface area contributed by atoms with Gasteiger partial charge in [0.1, 0.15) is 13.2 Å². The van der Waals surface area contributed by atoms with Gasteiger partial charge in [-0.25, -0.2) is 0 Å². The Morgan fingerprint density at radius 3 is 1.06 bits per heavy atom. The van der Waals surface area contributed by atoms with E-state index in [1.165, 1.54) is 109 Å². The van der Waals surface area contributed by atoms with Crippen molar-refractivity contribution in [3.05, 3.63) is 109 Å². The van der Waals surface area contributed by atoms with E-state index in [-0.39, 0.29) is 31.6 Å². The number of carbonyl (C=O) groups excluding carboxylic acids is 3. The molecule has 0 aromatic rings. The Hall–Kier alpha value is -3.93. The summed E-state index contributed by atoms with van der Waals surface area (Å²) in [6.45, 7) is 6.38. The summed E-state index contributed by atoms with van der Waals surface area (Å²) in [5.41, 5.74) is 0. The standard InChI is InChI=1S/C62H102O6/c1-4-7-10-13-16-19-22-25-28-30-32-34-37-40-43-46-49-52-55-61(64)67-58-59(57-66-60(63)54-51-48-45-42-39-36-33-27-24-21-18-15-12-9-6-3)68-62(65)56-53-50-47-44-41-38-35-31-29-26-23-20-17-14-11-8-5-2/h9,12,17-22,26-30,33,39,42,48,51,59H,4-8,10-11,13-16,23-25,31-32,34-38,40-41,43-47,49-50,52-58H2,1-3H3/b12-9-,20-17-,21-18-,22-19-,29-26-,30-28-,33-27-,42-39-,51-48-. The summed E-state index contributed by atoms with van der Waals surface area (Å²) in [7, 11) is 0. The summed E-state index contributed by atoms with van der Waals surface area (Å²) < 4.78 is 16.7. The van der Waals surface area contributed by atoms with Gasteiger partial charge in [-0.15, -0.1) is 0 Å². The van der Waals surface area contributed by atoms with Crippen LogP contribution >= 0.6 is 0 Å². The number of ether oxygens (including phenoxy) is 3. The third-order valence-electron chi connectivity index (χ3n) is 11.5. The van der Waals surface area contributed by atoms with E-state index >= 15 is 0 Å². The Morgan fingerprint density at radius 1 is 0.324 bits per heavy atom. The Morgan fingerprint density at radius 2 is 0.632 bits per heavy atom. The van der Waals surface area contributed by atoms with E-state index in [4.69, 9.17) is 14.2 Å². The minimum atomic E-state index is -0.828. The molecule has 0 fully saturated rings. The van der Waals surface area contributed by atoms with Gasteiger partial charge >= 0.3 is 17.9 Å². The molecule has 0 rings (SSSR count). The van der Waals surface area contributed by atoms with Gasteiger partial charge in [-0.05, 0) is 109 Å². The zero-order chi connectivity index (χ0) is 49.3. The Balaban J connectivity index is 4.52. The van der Waals surface area contributed by atoms with Crippen LogP contribution < -0.4 is 0 Å². The van der Waals surface area contributed by atoms with Crippen LogP contribution in [0.2, 0.25) is 0 Å². The van der Waals surface area contributed by atoms with Crippen LogP contribution in [0.1, 0.15) is 245 Å². The first kappa shape index (κ1) is 64.1. The Bertz CT molecular complexity index is 1410. The van der Waals surface area contributed by atoms with Crippen molar-refractivity contribution < 1.29 is 28.6 Å². The first-order valence-corrected chi connectivity index (χ1v) is 27.9. The van der Waals surface area contributed by atoms with Crippen molar-refractivity contribution in [2.45, 2.75) is 252 Å². The lowest BCUT2D eigenvalue weighted by atomic mass is 10.1. The SMILES string of the molecule is CC/C=C\C/C=C\C/C=C\C/C=C\C/C=C\CC(=O)OCC(COC(=O)CCCCCCCCC/C=C\C/C=C\CCCCCC)OC(=O)CCCCCCCCC/C=C\C/C=C\CCCCC. The molecule has 6 heteroatoms. The van der Waals surface area contributed by atoms with Crippen molar-refractivity contribution in [3.63, 3.8) is 0 Å². The lowest BCUT2D eigenvalue weighted by Gasteiger charge is -2.18. The minimum Gasteiger partial charge on any atom is -0.462 e. The highest BCUT2D eigenvalue weighted by Gasteiger charge is 2.19. The normalized spacial score (nSPS) is 12.9. The molecule has 0 aromatic carbocycles. The van der Waals surface area contributed by atoms with Crippen LogP contribution in [-0.2, 0) is 28.6 Å². The maximum absolute atomic E-state index is 12.8. The number of esters is 3. The molecule has 1 unspecified atom stereocenters. The van der Waals surface area contributed by atoms with Gasteiger partial charge < -0.3 is 14.2 Å². The van der Waals surface area contributed by atoms with Crippen LogP contribution in [0.5, 0.6) is 0 Å². The highest BCUT2D eigenvalue weighted by molar-refractivity contribution is 5.72. The highest BCUT2D eigenvalue weighted by atomic mass is 16.6. The second-order valence-corrected chi connectivity index (χ2v) is 18.1. The molecule has 0 aliphatic heterocycles. The van der Waals surface area contributed by atoms with E-state index in [9.17, 15) is 14.4 Å². The van der Waals surface area contributed by atoms with Gasteiger partial charge in [0.2, 0.25) is 0 Å².